The zero-order valence-electron chi connectivity index (χ0n) is 76.7. The first-order valence-corrected chi connectivity index (χ1v) is 51.3. The summed E-state index contributed by atoms with van der Waals surface area (Å²) in [4.78, 5) is 43.5. The Morgan fingerprint density at radius 2 is 0.556 bits per heavy atom. The number of para-hydroxylation sites is 7. The Labute approximate surface area is 831 Å². The van der Waals surface area contributed by atoms with Gasteiger partial charge in [-0.1, -0.05) is 194 Å². The van der Waals surface area contributed by atoms with Crippen LogP contribution >= 0.6 is 0 Å². The van der Waals surface area contributed by atoms with Gasteiger partial charge in [0.1, 0.15) is 28.1 Å². The van der Waals surface area contributed by atoms with Gasteiger partial charge in [-0.15, -0.1) is 0 Å². The van der Waals surface area contributed by atoms with Crippen molar-refractivity contribution < 1.29 is 8.83 Å². The van der Waals surface area contributed by atoms with Crippen molar-refractivity contribution in [1.29, 1.82) is 0 Å². The molecule has 672 valence electrons. The molecule has 0 saturated heterocycles. The van der Waals surface area contributed by atoms with Crippen molar-refractivity contribution >= 4 is 242 Å². The van der Waals surface area contributed by atoms with E-state index in [1.807, 2.05) is 153 Å². The van der Waals surface area contributed by atoms with E-state index < -0.39 is 0 Å². The molecule has 15 aromatic heterocycles. The van der Waals surface area contributed by atoms with Crippen LogP contribution in [-0.2, 0) is 0 Å². The number of pyridine rings is 5. The van der Waals surface area contributed by atoms with Crippen LogP contribution in [0.15, 0.2) is 465 Å². The second-order valence-corrected chi connectivity index (χ2v) is 40.5. The Hall–Kier alpha value is -18.5. The quantitative estimate of drug-likeness (QED) is 0.133. The molecule has 15 heterocycles. The van der Waals surface area contributed by atoms with Gasteiger partial charge in [0.25, 0.3) is 0 Å². The fourth-order valence-corrected chi connectivity index (χ4v) is 27.3. The van der Waals surface area contributed by atoms with E-state index in [9.17, 15) is 0 Å². The second-order valence-electron chi connectivity index (χ2n) is 36.1. The number of hydrogen-bond acceptors (Lipinski definition) is 11. The van der Waals surface area contributed by atoms with E-state index in [0.29, 0.717) is 11.8 Å². The van der Waals surface area contributed by atoms with Crippen molar-refractivity contribution in [3.05, 3.63) is 456 Å². The molecule has 0 aliphatic rings. The van der Waals surface area contributed by atoms with Gasteiger partial charge in [-0.05, 0) is 53.2 Å². The molecule has 0 amide bonds. The summed E-state index contributed by atoms with van der Waals surface area (Å²) in [6.45, 7) is 0. The summed E-state index contributed by atoms with van der Waals surface area (Å²) in [6, 6.07) is 139. The molecule has 17 heteroatoms. The summed E-state index contributed by atoms with van der Waals surface area (Å²) in [5.41, 5.74) is 20.4. The van der Waals surface area contributed by atoms with Gasteiger partial charge in [0.05, 0.1) is 49.9 Å². The van der Waals surface area contributed by atoms with Gasteiger partial charge in [0, 0.05) is 96.2 Å². The number of hydrogen-bond donors (Lipinski definition) is 0. The van der Waals surface area contributed by atoms with Crippen LogP contribution in [0.1, 0.15) is 0 Å². The molecule has 0 saturated carbocycles. The first-order valence-electron chi connectivity index (χ1n) is 47.9. The minimum absolute atomic E-state index is 0.257. The molecule has 0 unspecified atom stereocenters. The fourth-order valence-electron chi connectivity index (χ4n) is 22.1. The Kier molecular flexibility index (Phi) is 19.3. The van der Waals surface area contributed by atoms with Gasteiger partial charge in [0.15, 0.2) is 5.82 Å². The zero-order valence-corrected chi connectivity index (χ0v) is 80.2. The molecule has 0 bridgehead atoms. The maximum atomic E-state index is 6.56. The zero-order chi connectivity index (χ0) is 94.6. The van der Waals surface area contributed by atoms with E-state index in [1.165, 1.54) is 109 Å². The summed E-state index contributed by atoms with van der Waals surface area (Å²) in [6.07, 6.45) is 17.4. The van der Waals surface area contributed by atoms with Crippen molar-refractivity contribution in [2.24, 2.45) is 0 Å². The number of fused-ring (bicyclic) bond motifs is 40. The average Bonchev–Trinajstić information content (AvgIpc) is 1.55. The molecule has 32 aromatic rings. The Morgan fingerprint density at radius 3 is 1.01 bits per heavy atom. The second kappa shape index (κ2) is 33.7. The van der Waals surface area contributed by atoms with Crippen molar-refractivity contribution in [3.8, 4) is 68.4 Å². The van der Waals surface area contributed by atoms with Gasteiger partial charge in [-0.3, -0.25) is 19.1 Å². The minimum atomic E-state index is 0.257. The third kappa shape index (κ3) is 13.0. The van der Waals surface area contributed by atoms with Crippen LogP contribution < -0.4 is 0 Å². The third-order valence-electron chi connectivity index (χ3n) is 28.2. The molecule has 32 rings (SSSR count). The van der Waals surface area contributed by atoms with Crippen molar-refractivity contribution in [2.45, 2.75) is 0 Å². The SMILES string of the molecule is c1ccc(-c2cc(-c3ccccc3)nc(-n3c4ccccc4c4c5ccncc5c5oc6ccccc6c5c43)n2)cc1.c1ccc(-c2cc(-n3c4ccccc4c4c5ccncc5c5oc6ccccc6c5c43)nc(-c3ccccc3)n2)cc1.c1ccc(-n2c3ccccc3c3c4ccncc4c4[se]c5ccccc5c4c32)cc1.c1ccc(-n2c3ccccc3c3c4ccncc4c4[se]c5ccccc5c4c32)nc1. The van der Waals surface area contributed by atoms with Gasteiger partial charge < -0.3 is 8.83 Å². The molecule has 17 aromatic carbocycles. The number of benzene rings is 17. The molecular formula is C127H75N13O2Se2. The van der Waals surface area contributed by atoms with Gasteiger partial charge in [0.2, 0.25) is 5.95 Å². The maximum absolute atomic E-state index is 6.56. The molecule has 15 nitrogen and oxygen atoms in total. The van der Waals surface area contributed by atoms with E-state index in [2.05, 4.69) is 342 Å². The summed E-state index contributed by atoms with van der Waals surface area (Å²) < 4.78 is 28.2. The van der Waals surface area contributed by atoms with Gasteiger partial charge in [-0.25, -0.2) is 19.9 Å². The van der Waals surface area contributed by atoms with E-state index >= 15 is 0 Å². The predicted molar refractivity (Wildman–Crippen MR) is 594 cm³/mol. The third-order valence-corrected chi connectivity index (χ3v) is 33.2. The van der Waals surface area contributed by atoms with Crippen molar-refractivity contribution in [1.82, 2.24) is 63.1 Å². The van der Waals surface area contributed by atoms with Crippen molar-refractivity contribution in [2.75, 3.05) is 0 Å². The first kappa shape index (κ1) is 82.6. The van der Waals surface area contributed by atoms with Crippen LogP contribution in [0.3, 0.4) is 0 Å². The molecule has 144 heavy (non-hydrogen) atoms. The molecule has 0 fully saturated rings. The number of furan rings is 2. The summed E-state index contributed by atoms with van der Waals surface area (Å²) in [7, 11) is 0. The van der Waals surface area contributed by atoms with Crippen LogP contribution in [-0.4, -0.2) is 92.1 Å². The van der Waals surface area contributed by atoms with Gasteiger partial charge >= 0.3 is 357 Å². The van der Waals surface area contributed by atoms with Crippen LogP contribution in [0.25, 0.3) is 281 Å². The molecule has 0 N–H and O–H groups in total. The summed E-state index contributed by atoms with van der Waals surface area (Å²) in [5.74, 6) is 3.04. The van der Waals surface area contributed by atoms with Crippen LogP contribution in [0, 0.1) is 0 Å². The normalized spacial score (nSPS) is 11.9. The fraction of sp³-hybridized carbons (Fsp3) is 0. The Bertz CT molecular complexity index is 10100. The van der Waals surface area contributed by atoms with Crippen LogP contribution in [0.2, 0.25) is 0 Å². The van der Waals surface area contributed by atoms with E-state index in [1.54, 1.807) is 0 Å². The van der Waals surface area contributed by atoms with E-state index in [0.717, 1.165) is 160 Å². The molecule has 0 aliphatic heterocycles. The summed E-state index contributed by atoms with van der Waals surface area (Å²) >= 11 is 0.534. The molecule has 0 atom stereocenters. The number of rotatable bonds is 8. The monoisotopic (exact) mass is 1970 g/mol. The molecular weight excluding hydrogens is 1900 g/mol. The van der Waals surface area contributed by atoms with Gasteiger partial charge in [-0.2, -0.15) is 0 Å². The molecule has 0 spiro atoms. The first-order chi connectivity index (χ1) is 71.5. The van der Waals surface area contributed by atoms with Crippen molar-refractivity contribution in [3.63, 3.8) is 0 Å². The van der Waals surface area contributed by atoms with Crippen LogP contribution in [0.4, 0.5) is 0 Å². The Morgan fingerprint density at radius 1 is 0.215 bits per heavy atom. The average molecular weight is 1970 g/mol. The Balaban J connectivity index is 0.0000000924. The number of aromatic nitrogens is 13. The van der Waals surface area contributed by atoms with E-state index in [-0.39, 0.29) is 29.0 Å². The summed E-state index contributed by atoms with van der Waals surface area (Å²) in [5, 5.41) is 28.8. The van der Waals surface area contributed by atoms with Crippen LogP contribution in [0.5, 0.6) is 0 Å². The standard InChI is InChI=1S/2C37H22N4O.C27H16N2Se.C26H15N3Se/c1-3-11-23(12-4-1)29-21-30(24-13-5-2-6-14-24)40-37(39-29)41-31-17-9-7-15-26(31)33-25-19-20-38-22-28(25)36-34(35(33)41)27-16-8-10-18-32(27)42-36;1-3-11-23(12-4-1)29-21-32(40-37(39-29)24-13-5-2-6-14-24)41-30-17-9-7-15-26(30)33-25-19-20-38-22-28(25)36-34(35(33)41)27-16-8-10-18-31(27)42-36;1-2-8-17(9-3-1)29-22-12-6-4-10-19(22)24-18-14-15-28-16-21(18)27-25(26(24)29)20-11-5-7-13-23(20)30-27;1-3-9-20-17(7-1)23-16-12-14-27-15-19(16)26-24(18-8-2-4-10-21(18)30-26)25(23)29(20)22-11-5-6-13-28-22/h2*1-22H;1-16H;1-15H. The molecule has 0 radical (unpaired) electrons. The number of nitrogens with zero attached hydrogens (tertiary/aromatic N) is 13. The topological polar surface area (TPSA) is 162 Å². The van der Waals surface area contributed by atoms with E-state index in [4.69, 9.17) is 33.8 Å². The molecule has 0 aliphatic carbocycles. The predicted octanol–water partition coefficient (Wildman–Crippen LogP) is 31.5.